The first-order valence-electron chi connectivity index (χ1n) is 11.3. The lowest BCUT2D eigenvalue weighted by Gasteiger charge is -2.29. The molecular weight excluding hydrogens is 433 g/mol. The van der Waals surface area contributed by atoms with Crippen LogP contribution in [0.5, 0.6) is 5.75 Å². The summed E-state index contributed by atoms with van der Waals surface area (Å²) in [4.78, 5) is 29.8. The first kappa shape index (κ1) is 23.4. The summed E-state index contributed by atoms with van der Waals surface area (Å²) in [6.45, 7) is 2.14. The Bertz CT molecular complexity index is 921. The maximum absolute atomic E-state index is 14.4. The molecule has 180 valence electrons. The second kappa shape index (κ2) is 10.4. The molecule has 0 radical (unpaired) electrons. The van der Waals surface area contributed by atoms with Gasteiger partial charge in [0.15, 0.2) is 0 Å². The molecule has 0 spiro atoms. The Morgan fingerprint density at radius 2 is 2.24 bits per heavy atom. The highest BCUT2D eigenvalue weighted by Crippen LogP contribution is 2.38. The molecule has 0 bridgehead atoms. The largest absolute Gasteiger partial charge is 0.491 e. The van der Waals surface area contributed by atoms with E-state index in [1.807, 2.05) is 0 Å². The number of benzene rings is 1. The van der Waals surface area contributed by atoms with Crippen molar-refractivity contribution in [2.45, 2.75) is 44.4 Å². The van der Waals surface area contributed by atoms with E-state index < -0.39 is 11.9 Å². The van der Waals surface area contributed by atoms with Crippen LogP contribution in [0.3, 0.4) is 0 Å². The molecule has 0 aliphatic carbocycles. The predicted octanol–water partition coefficient (Wildman–Crippen LogP) is 0.149. The highest BCUT2D eigenvalue weighted by molar-refractivity contribution is 6.08. The molecule has 1 aromatic carbocycles. The first-order chi connectivity index (χ1) is 16.0. The number of guanidine groups is 1. The maximum atomic E-state index is 14.4. The third kappa shape index (κ3) is 5.10. The fourth-order valence-corrected chi connectivity index (χ4v) is 4.45. The Morgan fingerprint density at radius 3 is 2.97 bits per heavy atom. The minimum absolute atomic E-state index is 0.119. The molecule has 0 aromatic heterocycles. The Morgan fingerprint density at radius 1 is 1.39 bits per heavy atom. The van der Waals surface area contributed by atoms with Gasteiger partial charge in [-0.3, -0.25) is 14.9 Å². The lowest BCUT2D eigenvalue weighted by molar-refractivity contribution is -0.128. The van der Waals surface area contributed by atoms with E-state index >= 15 is 0 Å². The molecule has 2 saturated heterocycles. The topological polar surface area (TPSA) is 139 Å². The lowest BCUT2D eigenvalue weighted by atomic mass is 9.94. The number of primary amides is 1. The SMILES string of the molecule is NC(=O)C(CCCCCOc1ccc(F)c2c1N=C1NC(=O)C(CO)N1C2)C1CNCCO1. The number of ether oxygens (including phenoxy) is 2. The van der Waals surface area contributed by atoms with Crippen LogP contribution in [0, 0.1) is 11.7 Å². The Balaban J connectivity index is 1.30. The number of carbonyl (C=O) groups is 2. The lowest BCUT2D eigenvalue weighted by Crippen LogP contribution is -2.46. The van der Waals surface area contributed by atoms with E-state index in [9.17, 15) is 19.1 Å². The van der Waals surface area contributed by atoms with Gasteiger partial charge in [-0.25, -0.2) is 9.38 Å². The van der Waals surface area contributed by atoms with Gasteiger partial charge in [0, 0.05) is 18.7 Å². The number of fused-ring (bicyclic) bond motifs is 2. The Labute approximate surface area is 191 Å². The Hall–Kier alpha value is -2.76. The van der Waals surface area contributed by atoms with Gasteiger partial charge < -0.3 is 30.5 Å². The van der Waals surface area contributed by atoms with Gasteiger partial charge in [-0.1, -0.05) is 12.8 Å². The summed E-state index contributed by atoms with van der Waals surface area (Å²) >= 11 is 0. The number of nitrogens with two attached hydrogens (primary N) is 1. The third-order valence-corrected chi connectivity index (χ3v) is 6.28. The molecule has 3 heterocycles. The van der Waals surface area contributed by atoms with Gasteiger partial charge >= 0.3 is 0 Å². The van der Waals surface area contributed by atoms with Crippen LogP contribution in [0.1, 0.15) is 31.2 Å². The molecule has 3 aliphatic rings. The van der Waals surface area contributed by atoms with Crippen molar-refractivity contribution in [2.75, 3.05) is 32.9 Å². The normalized spacial score (nSPS) is 22.8. The summed E-state index contributed by atoms with van der Waals surface area (Å²) in [6, 6.07) is 2.08. The summed E-state index contributed by atoms with van der Waals surface area (Å²) in [5.74, 6) is -0.723. The van der Waals surface area contributed by atoms with Crippen LogP contribution in [0.15, 0.2) is 17.1 Å². The van der Waals surface area contributed by atoms with Crippen LogP contribution in [0.25, 0.3) is 0 Å². The minimum Gasteiger partial charge on any atom is -0.491 e. The number of rotatable bonds is 10. The number of carbonyl (C=O) groups excluding carboxylic acids is 2. The van der Waals surface area contributed by atoms with Gasteiger partial charge in [0.05, 0.1) is 38.4 Å². The van der Waals surface area contributed by atoms with E-state index in [1.165, 1.54) is 12.1 Å². The molecule has 10 nitrogen and oxygen atoms in total. The smallest absolute Gasteiger partial charge is 0.251 e. The molecule has 33 heavy (non-hydrogen) atoms. The number of amides is 2. The van der Waals surface area contributed by atoms with Crippen LogP contribution < -0.4 is 21.1 Å². The van der Waals surface area contributed by atoms with Crippen LogP contribution in [-0.2, 0) is 20.9 Å². The van der Waals surface area contributed by atoms with Crippen molar-refractivity contribution in [3.05, 3.63) is 23.5 Å². The van der Waals surface area contributed by atoms with Crippen LogP contribution in [0.4, 0.5) is 10.1 Å². The number of morpholine rings is 1. The fourth-order valence-electron chi connectivity index (χ4n) is 4.45. The first-order valence-corrected chi connectivity index (χ1v) is 11.3. The standard InChI is InChI=1S/C22H30FN5O5/c23-15-5-6-17(19-14(15)11-28-16(12-29)21(31)27-22(28)26-19)32-8-3-1-2-4-13(20(24)30)18-10-25-7-9-33-18/h5-6,13,16,18,25,29H,1-4,7-12H2,(H2,24,30)(H,26,27,31). The summed E-state index contributed by atoms with van der Waals surface area (Å²) < 4.78 is 26.0. The molecule has 5 N–H and O–H groups in total. The van der Waals surface area contributed by atoms with Crippen LogP contribution >= 0.6 is 0 Å². The molecule has 0 saturated carbocycles. The molecule has 3 unspecified atom stereocenters. The summed E-state index contributed by atoms with van der Waals surface area (Å²) in [5.41, 5.74) is 6.25. The van der Waals surface area contributed by atoms with Crippen molar-refractivity contribution in [1.82, 2.24) is 15.5 Å². The number of aliphatic hydroxyl groups excluding tert-OH is 1. The monoisotopic (exact) mass is 463 g/mol. The number of aliphatic imine (C=N–C) groups is 1. The zero-order valence-electron chi connectivity index (χ0n) is 18.4. The van der Waals surface area contributed by atoms with E-state index in [4.69, 9.17) is 15.2 Å². The molecule has 3 aliphatic heterocycles. The zero-order valence-corrected chi connectivity index (χ0v) is 18.4. The fraction of sp³-hybridized carbons (Fsp3) is 0.591. The van der Waals surface area contributed by atoms with Crippen molar-refractivity contribution in [1.29, 1.82) is 0 Å². The van der Waals surface area contributed by atoms with Gasteiger partial charge in [-0.2, -0.15) is 0 Å². The van der Waals surface area contributed by atoms with E-state index in [-0.39, 0.29) is 37.0 Å². The quantitative estimate of drug-likeness (QED) is 0.362. The molecule has 11 heteroatoms. The summed E-state index contributed by atoms with van der Waals surface area (Å²) in [5, 5.41) is 15.3. The van der Waals surface area contributed by atoms with Gasteiger partial charge in [-0.05, 0) is 25.0 Å². The van der Waals surface area contributed by atoms with Gasteiger partial charge in [0.1, 0.15) is 23.3 Å². The second-order valence-corrected chi connectivity index (χ2v) is 8.44. The molecule has 3 atom stereocenters. The van der Waals surface area contributed by atoms with Crippen molar-refractivity contribution >= 4 is 23.5 Å². The number of aliphatic hydroxyl groups is 1. The number of nitrogens with one attached hydrogen (secondary N) is 2. The average Bonchev–Trinajstić information content (AvgIpc) is 3.13. The number of halogens is 1. The zero-order chi connectivity index (χ0) is 23.4. The number of hydrogen-bond donors (Lipinski definition) is 4. The summed E-state index contributed by atoms with van der Waals surface area (Å²) in [7, 11) is 0. The predicted molar refractivity (Wildman–Crippen MR) is 117 cm³/mol. The Kier molecular flexibility index (Phi) is 7.41. The maximum Gasteiger partial charge on any atom is 0.251 e. The average molecular weight is 464 g/mol. The molecule has 4 rings (SSSR count). The van der Waals surface area contributed by atoms with Crippen molar-refractivity contribution in [3.63, 3.8) is 0 Å². The van der Waals surface area contributed by atoms with Crippen molar-refractivity contribution in [3.8, 4) is 5.75 Å². The van der Waals surface area contributed by atoms with Crippen molar-refractivity contribution in [2.24, 2.45) is 16.6 Å². The molecular formula is C22H30FN5O5. The molecule has 1 aromatic rings. The van der Waals surface area contributed by atoms with Crippen molar-refractivity contribution < 1.29 is 28.6 Å². The number of hydrogen-bond acceptors (Lipinski definition) is 8. The minimum atomic E-state index is -0.778. The third-order valence-electron chi connectivity index (χ3n) is 6.28. The second-order valence-electron chi connectivity index (χ2n) is 8.44. The van der Waals surface area contributed by atoms with E-state index in [0.717, 1.165) is 25.8 Å². The number of nitrogens with zero attached hydrogens (tertiary/aromatic N) is 2. The highest BCUT2D eigenvalue weighted by atomic mass is 19.1. The van der Waals surface area contributed by atoms with Gasteiger partial charge in [-0.15, -0.1) is 0 Å². The van der Waals surface area contributed by atoms with Gasteiger partial charge in [0.2, 0.25) is 11.9 Å². The number of unbranched alkanes of at least 4 members (excludes halogenated alkanes) is 2. The van der Waals surface area contributed by atoms with Crippen LogP contribution in [-0.4, -0.2) is 72.8 Å². The van der Waals surface area contributed by atoms with Crippen LogP contribution in [0.2, 0.25) is 0 Å². The summed E-state index contributed by atoms with van der Waals surface area (Å²) in [6.07, 6.45) is 2.86. The van der Waals surface area contributed by atoms with Gasteiger partial charge in [0.25, 0.3) is 5.91 Å². The molecule has 2 amide bonds. The highest BCUT2D eigenvalue weighted by Gasteiger charge is 2.40. The van der Waals surface area contributed by atoms with E-state index in [0.29, 0.717) is 49.1 Å². The van der Waals surface area contributed by atoms with E-state index in [2.05, 4.69) is 15.6 Å². The van der Waals surface area contributed by atoms with E-state index in [1.54, 1.807) is 4.90 Å². The molecule has 2 fully saturated rings.